The molecule has 0 amide bonds. The zero-order valence-corrected chi connectivity index (χ0v) is 13.3. The molecule has 4 rings (SSSR count). The van der Waals surface area contributed by atoms with Crippen molar-refractivity contribution in [2.45, 2.75) is 25.4 Å². The lowest BCUT2D eigenvalue weighted by Gasteiger charge is -2.08. The lowest BCUT2D eigenvalue weighted by Crippen LogP contribution is -2.04. The van der Waals surface area contributed by atoms with E-state index in [9.17, 15) is 13.2 Å². The molecule has 0 aliphatic heterocycles. The molecule has 1 aliphatic rings. The van der Waals surface area contributed by atoms with Crippen LogP contribution in [0.4, 0.5) is 13.2 Å². The lowest BCUT2D eigenvalue weighted by atomic mass is 10.0. The summed E-state index contributed by atoms with van der Waals surface area (Å²) in [6.45, 7) is 0. The van der Waals surface area contributed by atoms with Gasteiger partial charge >= 0.3 is 6.18 Å². The maximum Gasteiger partial charge on any atom is 0.416 e. The van der Waals surface area contributed by atoms with Crippen LogP contribution in [0.2, 0.25) is 0 Å². The SMILES string of the molecule is FC(F)(F)c1cccc(-c2nc(CC3CC3)[nH]c2-c2ccncc2)c1. The third-order valence-corrected chi connectivity index (χ3v) is 4.36. The van der Waals surface area contributed by atoms with Gasteiger partial charge in [0.15, 0.2) is 0 Å². The first-order chi connectivity index (χ1) is 12.0. The van der Waals surface area contributed by atoms with Crippen molar-refractivity contribution >= 4 is 0 Å². The fourth-order valence-electron chi connectivity index (χ4n) is 2.89. The van der Waals surface area contributed by atoms with Gasteiger partial charge in [-0.15, -0.1) is 0 Å². The van der Waals surface area contributed by atoms with Gasteiger partial charge in [0.05, 0.1) is 17.0 Å². The third kappa shape index (κ3) is 3.43. The van der Waals surface area contributed by atoms with Crippen LogP contribution in [0.3, 0.4) is 0 Å². The molecule has 0 atom stereocenters. The van der Waals surface area contributed by atoms with Crippen molar-refractivity contribution in [3.63, 3.8) is 0 Å². The van der Waals surface area contributed by atoms with Gasteiger partial charge in [-0.2, -0.15) is 13.2 Å². The Bertz CT molecular complexity index is 880. The predicted octanol–water partition coefficient (Wildman–Crippen LogP) is 5.11. The lowest BCUT2D eigenvalue weighted by molar-refractivity contribution is -0.137. The topological polar surface area (TPSA) is 41.6 Å². The van der Waals surface area contributed by atoms with Crippen LogP contribution in [0.15, 0.2) is 48.8 Å². The van der Waals surface area contributed by atoms with Crippen LogP contribution in [0.25, 0.3) is 22.5 Å². The van der Waals surface area contributed by atoms with Crippen molar-refractivity contribution < 1.29 is 13.2 Å². The number of nitrogens with one attached hydrogen (secondary N) is 1. The molecule has 1 saturated carbocycles. The van der Waals surface area contributed by atoms with E-state index in [-0.39, 0.29) is 0 Å². The molecule has 1 fully saturated rings. The van der Waals surface area contributed by atoms with E-state index in [1.165, 1.54) is 18.9 Å². The minimum Gasteiger partial charge on any atom is -0.341 e. The Morgan fingerprint density at radius 3 is 2.48 bits per heavy atom. The van der Waals surface area contributed by atoms with Gasteiger partial charge < -0.3 is 4.98 Å². The first-order valence-corrected chi connectivity index (χ1v) is 8.17. The van der Waals surface area contributed by atoms with Crippen LogP contribution in [-0.4, -0.2) is 15.0 Å². The smallest absolute Gasteiger partial charge is 0.341 e. The van der Waals surface area contributed by atoms with E-state index in [2.05, 4.69) is 15.0 Å². The Labute approximate surface area is 143 Å². The molecule has 2 aromatic heterocycles. The van der Waals surface area contributed by atoms with Crippen LogP contribution in [0.5, 0.6) is 0 Å². The number of nitrogens with zero attached hydrogens (tertiary/aromatic N) is 2. The minimum absolute atomic E-state index is 0.458. The molecule has 128 valence electrons. The molecule has 6 heteroatoms. The number of H-pyrrole nitrogens is 1. The van der Waals surface area contributed by atoms with Gasteiger partial charge in [-0.3, -0.25) is 4.98 Å². The fourth-order valence-corrected chi connectivity index (χ4v) is 2.89. The molecular weight excluding hydrogens is 327 g/mol. The van der Waals surface area contributed by atoms with Crippen molar-refractivity contribution in [2.75, 3.05) is 0 Å². The Morgan fingerprint density at radius 1 is 1.04 bits per heavy atom. The standard InChI is InChI=1S/C19H16F3N3/c20-19(21,22)15-3-1-2-14(11-15)18-17(13-6-8-23-9-7-13)24-16(25-18)10-12-4-5-12/h1-3,6-9,11-12H,4-5,10H2,(H,24,25). The molecule has 0 bridgehead atoms. The zero-order valence-electron chi connectivity index (χ0n) is 13.3. The monoisotopic (exact) mass is 343 g/mol. The molecule has 1 aliphatic carbocycles. The molecular formula is C19H16F3N3. The summed E-state index contributed by atoms with van der Waals surface area (Å²) in [5, 5.41) is 0. The fraction of sp³-hybridized carbons (Fsp3) is 0.263. The van der Waals surface area contributed by atoms with Gasteiger partial charge in [0.2, 0.25) is 0 Å². The van der Waals surface area contributed by atoms with Crippen LogP contribution >= 0.6 is 0 Å². The van der Waals surface area contributed by atoms with Gasteiger partial charge in [0.25, 0.3) is 0 Å². The van der Waals surface area contributed by atoms with Gasteiger partial charge in [-0.25, -0.2) is 4.98 Å². The van der Waals surface area contributed by atoms with Crippen molar-refractivity contribution in [3.8, 4) is 22.5 Å². The average Bonchev–Trinajstić information content (AvgIpc) is 3.31. The van der Waals surface area contributed by atoms with Crippen molar-refractivity contribution in [2.24, 2.45) is 5.92 Å². The number of alkyl halides is 3. The molecule has 0 radical (unpaired) electrons. The van der Waals surface area contributed by atoms with Crippen LogP contribution in [0, 0.1) is 5.92 Å². The van der Waals surface area contributed by atoms with E-state index in [0.29, 0.717) is 17.2 Å². The normalized spacial score (nSPS) is 14.7. The largest absolute Gasteiger partial charge is 0.416 e. The molecule has 1 aromatic carbocycles. The van der Waals surface area contributed by atoms with E-state index in [4.69, 9.17) is 0 Å². The second-order valence-electron chi connectivity index (χ2n) is 6.37. The highest BCUT2D eigenvalue weighted by Gasteiger charge is 2.31. The maximum atomic E-state index is 13.1. The summed E-state index contributed by atoms with van der Waals surface area (Å²) in [6, 6.07) is 8.97. The minimum atomic E-state index is -4.38. The predicted molar refractivity (Wildman–Crippen MR) is 88.7 cm³/mol. The summed E-state index contributed by atoms with van der Waals surface area (Å²) in [5.41, 5.74) is 1.93. The van der Waals surface area contributed by atoms with E-state index in [1.54, 1.807) is 18.5 Å². The van der Waals surface area contributed by atoms with Crippen LogP contribution in [0.1, 0.15) is 24.2 Å². The van der Waals surface area contributed by atoms with E-state index in [1.807, 2.05) is 12.1 Å². The highest BCUT2D eigenvalue weighted by molar-refractivity contribution is 5.78. The third-order valence-electron chi connectivity index (χ3n) is 4.36. The van der Waals surface area contributed by atoms with Crippen molar-refractivity contribution in [1.82, 2.24) is 15.0 Å². The van der Waals surface area contributed by atoms with Crippen LogP contribution in [-0.2, 0) is 12.6 Å². The number of halogens is 3. The first kappa shape index (κ1) is 15.9. The number of aromatic amines is 1. The Morgan fingerprint density at radius 2 is 1.80 bits per heavy atom. The average molecular weight is 343 g/mol. The van der Waals surface area contributed by atoms with Gasteiger partial charge in [0.1, 0.15) is 5.82 Å². The molecule has 3 nitrogen and oxygen atoms in total. The van der Waals surface area contributed by atoms with Crippen molar-refractivity contribution in [3.05, 3.63) is 60.2 Å². The molecule has 3 aromatic rings. The number of pyridine rings is 1. The highest BCUT2D eigenvalue weighted by Crippen LogP contribution is 2.37. The van der Waals surface area contributed by atoms with Crippen molar-refractivity contribution in [1.29, 1.82) is 0 Å². The molecule has 0 unspecified atom stereocenters. The number of aromatic nitrogens is 3. The number of hydrogen-bond donors (Lipinski definition) is 1. The first-order valence-electron chi connectivity index (χ1n) is 8.17. The second kappa shape index (κ2) is 6.02. The summed E-state index contributed by atoms with van der Waals surface area (Å²) in [4.78, 5) is 11.9. The second-order valence-corrected chi connectivity index (χ2v) is 6.37. The van der Waals surface area contributed by atoms with E-state index in [0.717, 1.165) is 35.6 Å². The zero-order chi connectivity index (χ0) is 17.4. The van der Waals surface area contributed by atoms with E-state index >= 15 is 0 Å². The Balaban J connectivity index is 1.81. The Hall–Kier alpha value is -2.63. The molecule has 2 heterocycles. The highest BCUT2D eigenvalue weighted by atomic mass is 19.4. The molecule has 0 spiro atoms. The number of hydrogen-bond acceptors (Lipinski definition) is 2. The number of rotatable bonds is 4. The molecule has 0 saturated heterocycles. The number of benzene rings is 1. The van der Waals surface area contributed by atoms with Crippen LogP contribution < -0.4 is 0 Å². The summed E-state index contributed by atoms with van der Waals surface area (Å²) in [6.07, 6.45) is 2.14. The summed E-state index contributed by atoms with van der Waals surface area (Å²) < 4.78 is 39.2. The summed E-state index contributed by atoms with van der Waals surface area (Å²) in [7, 11) is 0. The summed E-state index contributed by atoms with van der Waals surface area (Å²) in [5.74, 6) is 1.45. The van der Waals surface area contributed by atoms with Gasteiger partial charge in [0, 0.05) is 29.9 Å². The van der Waals surface area contributed by atoms with Gasteiger partial charge in [-0.1, -0.05) is 12.1 Å². The molecule has 25 heavy (non-hydrogen) atoms. The van der Waals surface area contributed by atoms with E-state index < -0.39 is 11.7 Å². The quantitative estimate of drug-likeness (QED) is 0.715. The number of imidazole rings is 1. The van der Waals surface area contributed by atoms with Gasteiger partial charge in [-0.05, 0) is 43.0 Å². The maximum absolute atomic E-state index is 13.1. The Kier molecular flexibility index (Phi) is 3.82. The summed E-state index contributed by atoms with van der Waals surface area (Å²) >= 11 is 0. The molecule has 1 N–H and O–H groups in total.